The number of nitrogens with zero attached hydrogens (tertiary/aromatic N) is 1. The maximum absolute atomic E-state index is 12.9. The van der Waals surface area contributed by atoms with Crippen LogP contribution in [0, 0.1) is 0 Å². The zero-order valence-electron chi connectivity index (χ0n) is 17.1. The summed E-state index contributed by atoms with van der Waals surface area (Å²) in [5.74, 6) is -0.589. The van der Waals surface area contributed by atoms with Crippen LogP contribution in [0.25, 0.3) is 0 Å². The molecule has 0 spiro atoms. The number of aliphatic hydroxyl groups is 2. The Labute approximate surface area is 175 Å². The molecule has 0 radical (unpaired) electrons. The van der Waals surface area contributed by atoms with Gasteiger partial charge in [-0.3, -0.25) is 9.59 Å². The van der Waals surface area contributed by atoms with Gasteiger partial charge in [0, 0.05) is 38.4 Å². The van der Waals surface area contributed by atoms with Crippen LogP contribution in [0.3, 0.4) is 0 Å². The standard InChI is InChI=1S/C21H28N2O7/c1-28-10-8-23(17(25)12-29-2)15-11-14(21(27)22-7-9-24)18-13-5-3-4-6-16(13)30-20(18)19(15)26/h3-6,11,15,18-20,24,26H,7-10,12H2,1-2H3,(H,22,27)/t15-,18+,19+,20+/m1/s1. The van der Waals surface area contributed by atoms with E-state index >= 15 is 0 Å². The maximum Gasteiger partial charge on any atom is 0.249 e. The van der Waals surface area contributed by atoms with Gasteiger partial charge in [0.15, 0.2) is 0 Å². The summed E-state index contributed by atoms with van der Waals surface area (Å²) in [6.45, 7) is 0.209. The third kappa shape index (κ3) is 4.34. The molecule has 0 aromatic heterocycles. The third-order valence-corrected chi connectivity index (χ3v) is 5.36. The molecular formula is C21H28N2O7. The second-order valence-electron chi connectivity index (χ2n) is 7.19. The second kappa shape index (κ2) is 10.0. The van der Waals surface area contributed by atoms with Crippen molar-refractivity contribution in [3.63, 3.8) is 0 Å². The summed E-state index contributed by atoms with van der Waals surface area (Å²) in [7, 11) is 2.94. The largest absolute Gasteiger partial charge is 0.486 e. The number of carbonyl (C=O) groups is 2. The quantitative estimate of drug-likeness (QED) is 0.490. The Balaban J connectivity index is 2.01. The number of hydrogen-bond donors (Lipinski definition) is 3. The van der Waals surface area contributed by atoms with Crippen LogP contribution >= 0.6 is 0 Å². The summed E-state index contributed by atoms with van der Waals surface area (Å²) in [4.78, 5) is 27.0. The molecule has 0 unspecified atom stereocenters. The number of rotatable bonds is 9. The van der Waals surface area contributed by atoms with E-state index in [2.05, 4.69) is 5.32 Å². The molecule has 0 bridgehead atoms. The first-order valence-electron chi connectivity index (χ1n) is 9.85. The van der Waals surface area contributed by atoms with Crippen molar-refractivity contribution < 1.29 is 34.0 Å². The van der Waals surface area contributed by atoms with Crippen molar-refractivity contribution in [3.05, 3.63) is 41.5 Å². The van der Waals surface area contributed by atoms with Gasteiger partial charge >= 0.3 is 0 Å². The monoisotopic (exact) mass is 420 g/mol. The molecule has 3 rings (SSSR count). The second-order valence-corrected chi connectivity index (χ2v) is 7.19. The minimum Gasteiger partial charge on any atom is -0.486 e. The lowest BCUT2D eigenvalue weighted by Gasteiger charge is -2.40. The van der Waals surface area contributed by atoms with E-state index in [1.165, 1.54) is 19.1 Å². The lowest BCUT2D eigenvalue weighted by atomic mass is 9.77. The molecule has 0 fully saturated rings. The van der Waals surface area contributed by atoms with Crippen molar-refractivity contribution in [3.8, 4) is 5.75 Å². The average molecular weight is 420 g/mol. The highest BCUT2D eigenvalue weighted by Crippen LogP contribution is 2.47. The van der Waals surface area contributed by atoms with Gasteiger partial charge in [-0.1, -0.05) is 18.2 Å². The van der Waals surface area contributed by atoms with Gasteiger partial charge in [0.25, 0.3) is 0 Å². The van der Waals surface area contributed by atoms with Crippen LogP contribution in [0.2, 0.25) is 0 Å². The van der Waals surface area contributed by atoms with Crippen LogP contribution in [0.15, 0.2) is 35.9 Å². The SMILES string of the molecule is COCCN(C(=O)COC)[C@@H]1C=C(C(=O)NCCO)[C@@H]2c3ccccc3O[C@@H]2[C@H]1O. The fourth-order valence-corrected chi connectivity index (χ4v) is 4.03. The summed E-state index contributed by atoms with van der Waals surface area (Å²) in [6.07, 6.45) is -0.171. The van der Waals surface area contributed by atoms with Crippen molar-refractivity contribution in [2.24, 2.45) is 0 Å². The van der Waals surface area contributed by atoms with E-state index in [9.17, 15) is 14.7 Å². The van der Waals surface area contributed by atoms with Gasteiger partial charge < -0.3 is 34.6 Å². The average Bonchev–Trinajstić information content (AvgIpc) is 3.14. The van der Waals surface area contributed by atoms with Gasteiger partial charge in [-0.05, 0) is 12.1 Å². The van der Waals surface area contributed by atoms with Crippen molar-refractivity contribution in [1.82, 2.24) is 10.2 Å². The van der Waals surface area contributed by atoms with E-state index in [-0.39, 0.29) is 44.7 Å². The van der Waals surface area contributed by atoms with E-state index in [1.54, 1.807) is 12.1 Å². The van der Waals surface area contributed by atoms with Crippen LogP contribution in [0.5, 0.6) is 5.75 Å². The van der Waals surface area contributed by atoms with Crippen LogP contribution in [-0.2, 0) is 19.1 Å². The Bertz CT molecular complexity index is 797. The summed E-state index contributed by atoms with van der Waals surface area (Å²) >= 11 is 0. The number of benzene rings is 1. The van der Waals surface area contributed by atoms with E-state index in [0.717, 1.165) is 5.56 Å². The summed E-state index contributed by atoms with van der Waals surface area (Å²) in [6, 6.07) is 6.52. The highest BCUT2D eigenvalue weighted by Gasteiger charge is 2.50. The molecule has 1 aromatic carbocycles. The number of aliphatic hydroxyl groups excluding tert-OH is 2. The number of fused-ring (bicyclic) bond motifs is 3. The highest BCUT2D eigenvalue weighted by atomic mass is 16.5. The van der Waals surface area contributed by atoms with Gasteiger partial charge in [-0.25, -0.2) is 0 Å². The highest BCUT2D eigenvalue weighted by molar-refractivity contribution is 5.96. The lowest BCUT2D eigenvalue weighted by molar-refractivity contribution is -0.141. The van der Waals surface area contributed by atoms with Gasteiger partial charge in [0.1, 0.15) is 24.6 Å². The van der Waals surface area contributed by atoms with Gasteiger partial charge in [0.2, 0.25) is 11.8 Å². The van der Waals surface area contributed by atoms with E-state index in [1.807, 2.05) is 18.2 Å². The van der Waals surface area contributed by atoms with Gasteiger partial charge in [-0.2, -0.15) is 0 Å². The Morgan fingerprint density at radius 2 is 2.00 bits per heavy atom. The molecule has 2 amide bonds. The molecule has 30 heavy (non-hydrogen) atoms. The van der Waals surface area contributed by atoms with E-state index in [0.29, 0.717) is 11.3 Å². The summed E-state index contributed by atoms with van der Waals surface area (Å²) in [5.41, 5.74) is 1.19. The molecule has 3 N–H and O–H groups in total. The zero-order valence-corrected chi connectivity index (χ0v) is 17.1. The molecule has 164 valence electrons. The van der Waals surface area contributed by atoms with Crippen molar-refractivity contribution in [2.75, 3.05) is 47.1 Å². The molecule has 1 heterocycles. The normalized spacial score (nSPS) is 24.3. The molecule has 9 heteroatoms. The Kier molecular flexibility index (Phi) is 7.43. The molecule has 0 saturated carbocycles. The molecule has 1 aliphatic carbocycles. The molecule has 2 aliphatic rings. The number of carbonyl (C=O) groups excluding carboxylic acids is 2. The van der Waals surface area contributed by atoms with E-state index in [4.69, 9.17) is 19.3 Å². The molecule has 1 aliphatic heterocycles. The van der Waals surface area contributed by atoms with Crippen molar-refractivity contribution in [1.29, 1.82) is 0 Å². The zero-order chi connectivity index (χ0) is 21.7. The molecular weight excluding hydrogens is 392 g/mol. The fourth-order valence-electron chi connectivity index (χ4n) is 4.03. The minimum atomic E-state index is -1.06. The van der Waals surface area contributed by atoms with Crippen LogP contribution in [0.1, 0.15) is 11.5 Å². The molecule has 1 aromatic rings. The molecule has 0 saturated heterocycles. The van der Waals surface area contributed by atoms with Crippen LogP contribution < -0.4 is 10.1 Å². The van der Waals surface area contributed by atoms with Crippen molar-refractivity contribution in [2.45, 2.75) is 24.2 Å². The Morgan fingerprint density at radius 3 is 2.70 bits per heavy atom. The lowest BCUT2D eigenvalue weighted by Crippen LogP contribution is -2.57. The first kappa shape index (κ1) is 22.2. The Hall–Kier alpha value is -2.46. The summed E-state index contributed by atoms with van der Waals surface area (Å²) in [5, 5.41) is 22.9. The third-order valence-electron chi connectivity index (χ3n) is 5.36. The smallest absolute Gasteiger partial charge is 0.249 e. The van der Waals surface area contributed by atoms with Gasteiger partial charge in [0.05, 0.1) is 25.2 Å². The predicted octanol–water partition coefficient (Wildman–Crippen LogP) is -0.569. The number of methoxy groups -OCH3 is 2. The maximum atomic E-state index is 12.9. The number of amides is 2. The number of para-hydroxylation sites is 1. The topological polar surface area (TPSA) is 118 Å². The van der Waals surface area contributed by atoms with Crippen LogP contribution in [0.4, 0.5) is 0 Å². The summed E-state index contributed by atoms with van der Waals surface area (Å²) < 4.78 is 16.1. The molecule has 9 nitrogen and oxygen atoms in total. The fraction of sp³-hybridized carbons (Fsp3) is 0.524. The van der Waals surface area contributed by atoms with Crippen molar-refractivity contribution >= 4 is 11.8 Å². The van der Waals surface area contributed by atoms with Crippen LogP contribution in [-0.4, -0.2) is 92.3 Å². The van der Waals surface area contributed by atoms with E-state index < -0.39 is 24.2 Å². The molecule has 4 atom stereocenters. The first-order valence-corrected chi connectivity index (χ1v) is 9.85. The number of hydrogen-bond acceptors (Lipinski definition) is 7. The van der Waals surface area contributed by atoms with Gasteiger partial charge in [-0.15, -0.1) is 0 Å². The predicted molar refractivity (Wildman–Crippen MR) is 107 cm³/mol. The Morgan fingerprint density at radius 1 is 1.23 bits per heavy atom. The number of ether oxygens (including phenoxy) is 3. The first-order chi connectivity index (χ1) is 14.5. The number of nitrogens with one attached hydrogen (secondary N) is 1. The minimum absolute atomic E-state index is 0.0965.